The fraction of sp³-hybridized carbons (Fsp3) is 0.391. The van der Waals surface area contributed by atoms with Crippen molar-refractivity contribution in [3.8, 4) is 0 Å². The molecule has 0 saturated carbocycles. The van der Waals surface area contributed by atoms with Crippen molar-refractivity contribution < 1.29 is 14.7 Å². The van der Waals surface area contributed by atoms with Gasteiger partial charge in [0.05, 0.1) is 0 Å². The Balaban J connectivity index is 1.62. The number of anilines is 2. The van der Waals surface area contributed by atoms with Crippen molar-refractivity contribution in [3.63, 3.8) is 0 Å². The maximum atomic E-state index is 12.7. The van der Waals surface area contributed by atoms with Gasteiger partial charge in [0.25, 0.3) is 0 Å². The van der Waals surface area contributed by atoms with Crippen LogP contribution < -0.4 is 10.2 Å². The Bertz CT molecular complexity index is 798. The summed E-state index contributed by atoms with van der Waals surface area (Å²) in [6.07, 6.45) is 1.72. The molecule has 3 rings (SSSR count). The number of benzene rings is 2. The number of nitrogens with zero attached hydrogens (tertiary/aromatic N) is 2. The molecule has 0 aromatic heterocycles. The molecule has 2 amide bonds. The van der Waals surface area contributed by atoms with Gasteiger partial charge in [0, 0.05) is 44.5 Å². The van der Waals surface area contributed by atoms with E-state index in [1.165, 1.54) is 0 Å². The molecule has 154 valence electrons. The second kappa shape index (κ2) is 9.96. The molecule has 6 nitrogen and oxygen atoms in total. The Labute approximate surface area is 172 Å². The second-order valence-corrected chi connectivity index (χ2v) is 7.69. The molecule has 0 radical (unpaired) electrons. The molecule has 29 heavy (non-hydrogen) atoms. The van der Waals surface area contributed by atoms with Gasteiger partial charge in [0.15, 0.2) is 0 Å². The lowest BCUT2D eigenvalue weighted by atomic mass is 9.81. The van der Waals surface area contributed by atoms with Crippen LogP contribution in [-0.4, -0.2) is 48.7 Å². The summed E-state index contributed by atoms with van der Waals surface area (Å²) in [6.45, 7) is 1.99. The van der Waals surface area contributed by atoms with E-state index in [1.54, 1.807) is 0 Å². The van der Waals surface area contributed by atoms with Crippen molar-refractivity contribution in [1.29, 1.82) is 0 Å². The SMILES string of the molecule is CN(CC[C@H]1CN(C(=O)Nc2ccccc2)CC[C@H]1CC(=O)O)c1ccccc1. The molecule has 2 N–H and O–H groups in total. The van der Waals surface area contributed by atoms with Crippen LogP contribution in [0, 0.1) is 11.8 Å². The van der Waals surface area contributed by atoms with E-state index in [-0.39, 0.29) is 24.3 Å². The highest BCUT2D eigenvalue weighted by Crippen LogP contribution is 2.30. The van der Waals surface area contributed by atoms with E-state index < -0.39 is 5.97 Å². The first-order valence-electron chi connectivity index (χ1n) is 10.1. The van der Waals surface area contributed by atoms with Crippen LogP contribution in [0.4, 0.5) is 16.2 Å². The summed E-state index contributed by atoms with van der Waals surface area (Å²) in [4.78, 5) is 28.0. The van der Waals surface area contributed by atoms with E-state index in [9.17, 15) is 14.7 Å². The third kappa shape index (κ3) is 5.98. The van der Waals surface area contributed by atoms with Crippen LogP contribution in [0.25, 0.3) is 0 Å². The number of amides is 2. The number of hydrogen-bond acceptors (Lipinski definition) is 3. The number of para-hydroxylation sites is 2. The molecule has 2 aromatic carbocycles. The van der Waals surface area contributed by atoms with E-state index in [0.29, 0.717) is 19.5 Å². The molecule has 2 aromatic rings. The van der Waals surface area contributed by atoms with Crippen LogP contribution in [0.3, 0.4) is 0 Å². The molecular formula is C23H29N3O3. The van der Waals surface area contributed by atoms with Crippen LogP contribution in [0.5, 0.6) is 0 Å². The summed E-state index contributed by atoms with van der Waals surface area (Å²) in [5.74, 6) is -0.511. The van der Waals surface area contributed by atoms with Crippen molar-refractivity contribution in [2.45, 2.75) is 19.3 Å². The normalized spacial score (nSPS) is 18.9. The van der Waals surface area contributed by atoms with Crippen LogP contribution in [-0.2, 0) is 4.79 Å². The van der Waals surface area contributed by atoms with Gasteiger partial charge in [-0.05, 0) is 48.9 Å². The Hall–Kier alpha value is -3.02. The molecule has 1 fully saturated rings. The van der Waals surface area contributed by atoms with E-state index in [2.05, 4.69) is 22.3 Å². The number of carboxylic acids is 1. The molecular weight excluding hydrogens is 366 g/mol. The highest BCUT2D eigenvalue weighted by molar-refractivity contribution is 5.89. The van der Waals surface area contributed by atoms with Gasteiger partial charge in [-0.1, -0.05) is 36.4 Å². The summed E-state index contributed by atoms with van der Waals surface area (Å²) < 4.78 is 0. The summed E-state index contributed by atoms with van der Waals surface area (Å²) in [5, 5.41) is 12.2. The lowest BCUT2D eigenvalue weighted by Gasteiger charge is -2.39. The van der Waals surface area contributed by atoms with E-state index in [0.717, 1.165) is 24.3 Å². The minimum atomic E-state index is -0.765. The zero-order valence-corrected chi connectivity index (χ0v) is 16.8. The van der Waals surface area contributed by atoms with Crippen molar-refractivity contribution in [2.75, 3.05) is 36.9 Å². The fourth-order valence-electron chi connectivity index (χ4n) is 3.98. The van der Waals surface area contributed by atoms with Gasteiger partial charge < -0.3 is 20.2 Å². The highest BCUT2D eigenvalue weighted by Gasteiger charge is 2.32. The molecule has 0 aliphatic carbocycles. The largest absolute Gasteiger partial charge is 0.481 e. The lowest BCUT2D eigenvalue weighted by molar-refractivity contribution is -0.139. The molecule has 6 heteroatoms. The number of carboxylic acid groups (broad SMARTS) is 1. The van der Waals surface area contributed by atoms with E-state index in [4.69, 9.17) is 0 Å². The van der Waals surface area contributed by atoms with E-state index in [1.807, 2.05) is 60.5 Å². The average molecular weight is 396 g/mol. The van der Waals surface area contributed by atoms with Crippen molar-refractivity contribution in [2.24, 2.45) is 11.8 Å². The molecule has 0 bridgehead atoms. The Morgan fingerprint density at radius 3 is 2.38 bits per heavy atom. The van der Waals surface area contributed by atoms with Gasteiger partial charge in [-0.15, -0.1) is 0 Å². The number of carbonyl (C=O) groups is 2. The number of urea groups is 1. The highest BCUT2D eigenvalue weighted by atomic mass is 16.4. The second-order valence-electron chi connectivity index (χ2n) is 7.69. The zero-order chi connectivity index (χ0) is 20.6. The van der Waals surface area contributed by atoms with Gasteiger partial charge in [0.1, 0.15) is 0 Å². The number of aliphatic carboxylic acids is 1. The number of piperidine rings is 1. The predicted octanol–water partition coefficient (Wildman–Crippen LogP) is 4.16. The van der Waals surface area contributed by atoms with Crippen molar-refractivity contribution in [3.05, 3.63) is 60.7 Å². The van der Waals surface area contributed by atoms with Crippen molar-refractivity contribution >= 4 is 23.4 Å². The number of nitrogens with one attached hydrogen (secondary N) is 1. The molecule has 1 saturated heterocycles. The maximum absolute atomic E-state index is 12.7. The first kappa shape index (κ1) is 20.7. The topological polar surface area (TPSA) is 72.9 Å². The van der Waals surface area contributed by atoms with E-state index >= 15 is 0 Å². The third-order valence-electron chi connectivity index (χ3n) is 5.67. The molecule has 1 aliphatic rings. The smallest absolute Gasteiger partial charge is 0.321 e. The molecule has 1 aliphatic heterocycles. The summed E-state index contributed by atoms with van der Waals surface area (Å²) in [6, 6.07) is 19.4. The number of hydrogen-bond donors (Lipinski definition) is 2. The average Bonchev–Trinajstić information content (AvgIpc) is 2.73. The van der Waals surface area contributed by atoms with Crippen LogP contribution in [0.2, 0.25) is 0 Å². The Morgan fingerprint density at radius 1 is 1.07 bits per heavy atom. The quantitative estimate of drug-likeness (QED) is 0.738. The van der Waals surface area contributed by atoms with Gasteiger partial charge >= 0.3 is 12.0 Å². The van der Waals surface area contributed by atoms with Crippen LogP contribution in [0.15, 0.2) is 60.7 Å². The van der Waals surface area contributed by atoms with Gasteiger partial charge in [0.2, 0.25) is 0 Å². The monoisotopic (exact) mass is 395 g/mol. The number of likely N-dealkylation sites (tertiary alicyclic amines) is 1. The summed E-state index contributed by atoms with van der Waals surface area (Å²) >= 11 is 0. The minimum absolute atomic E-state index is 0.0949. The fourth-order valence-corrected chi connectivity index (χ4v) is 3.98. The summed E-state index contributed by atoms with van der Waals surface area (Å²) in [5.41, 5.74) is 1.90. The van der Waals surface area contributed by atoms with Gasteiger partial charge in [-0.25, -0.2) is 4.79 Å². The predicted molar refractivity (Wildman–Crippen MR) is 115 cm³/mol. The molecule has 0 spiro atoms. The third-order valence-corrected chi connectivity index (χ3v) is 5.67. The van der Waals surface area contributed by atoms with Gasteiger partial charge in [-0.3, -0.25) is 4.79 Å². The first-order valence-corrected chi connectivity index (χ1v) is 10.1. The number of rotatable bonds is 7. The molecule has 2 atom stereocenters. The Morgan fingerprint density at radius 2 is 1.72 bits per heavy atom. The van der Waals surface area contributed by atoms with Crippen LogP contribution in [0.1, 0.15) is 19.3 Å². The standard InChI is InChI=1S/C23H29N3O3/c1-25(21-10-6-3-7-11-21)14-12-19-17-26(15-13-18(19)16-22(27)28)23(29)24-20-8-4-2-5-9-20/h2-11,18-19H,12-17H2,1H3,(H,24,29)(H,27,28)/t18-,19-/m0/s1. The van der Waals surface area contributed by atoms with Crippen LogP contribution >= 0.6 is 0 Å². The zero-order valence-electron chi connectivity index (χ0n) is 16.8. The molecule has 0 unspecified atom stereocenters. The molecule has 1 heterocycles. The van der Waals surface area contributed by atoms with Gasteiger partial charge in [-0.2, -0.15) is 0 Å². The summed E-state index contributed by atoms with van der Waals surface area (Å²) in [7, 11) is 2.05. The van der Waals surface area contributed by atoms with Crippen molar-refractivity contribution in [1.82, 2.24) is 4.90 Å². The maximum Gasteiger partial charge on any atom is 0.321 e. The number of carbonyl (C=O) groups excluding carboxylic acids is 1. The minimum Gasteiger partial charge on any atom is -0.481 e. The Kier molecular flexibility index (Phi) is 7.11. The lowest BCUT2D eigenvalue weighted by Crippen LogP contribution is -2.46. The first-order chi connectivity index (χ1) is 14.0.